The van der Waals surface area contributed by atoms with Crippen LogP contribution in [0.4, 0.5) is 0 Å². The van der Waals surface area contributed by atoms with Gasteiger partial charge >= 0.3 is 0 Å². The van der Waals surface area contributed by atoms with Gasteiger partial charge in [0.25, 0.3) is 0 Å². The Morgan fingerprint density at radius 1 is 1.19 bits per heavy atom. The van der Waals surface area contributed by atoms with E-state index in [1.807, 2.05) is 0 Å². The van der Waals surface area contributed by atoms with Crippen LogP contribution in [0, 0.1) is 0 Å². The molecule has 1 aromatic heterocycles. The lowest BCUT2D eigenvalue weighted by molar-refractivity contribution is 0.1000. The third-order valence-electron chi connectivity index (χ3n) is 1.99. The fraction of sp³-hybridized carbons (Fsp3) is 0. The number of carbonyl (C=O) groups is 1. The van der Waals surface area contributed by atoms with Crippen molar-refractivity contribution in [1.82, 2.24) is 4.98 Å². The van der Waals surface area contributed by atoms with Crippen LogP contribution < -0.4 is 10.5 Å². The van der Waals surface area contributed by atoms with Gasteiger partial charge in [0, 0.05) is 11.8 Å². The van der Waals surface area contributed by atoms with Gasteiger partial charge in [0.1, 0.15) is 11.5 Å². The van der Waals surface area contributed by atoms with Crippen LogP contribution in [0.1, 0.15) is 10.4 Å². The molecule has 4 heteroatoms. The summed E-state index contributed by atoms with van der Waals surface area (Å²) in [5.74, 6) is 0.699. The number of rotatable bonds is 3. The third-order valence-corrected chi connectivity index (χ3v) is 1.99. The van der Waals surface area contributed by atoms with Crippen molar-refractivity contribution in [2.24, 2.45) is 5.73 Å². The lowest BCUT2D eigenvalue weighted by Gasteiger charge is -2.05. The molecule has 0 atom stereocenters. The number of nitrogens with two attached hydrogens (primary N) is 1. The third kappa shape index (κ3) is 2.36. The number of carbonyl (C=O) groups excluding carboxylic acids is 1. The van der Waals surface area contributed by atoms with Crippen molar-refractivity contribution >= 4 is 5.91 Å². The second-order valence-electron chi connectivity index (χ2n) is 3.18. The fourth-order valence-electron chi connectivity index (χ4n) is 1.26. The number of pyridine rings is 1. The average molecular weight is 214 g/mol. The molecule has 1 heterocycles. The molecule has 0 fully saturated rings. The zero-order valence-corrected chi connectivity index (χ0v) is 8.46. The van der Waals surface area contributed by atoms with Crippen LogP contribution in [-0.4, -0.2) is 10.9 Å². The first-order chi connectivity index (χ1) is 7.75. The van der Waals surface area contributed by atoms with E-state index in [2.05, 4.69) is 4.98 Å². The Balaban J connectivity index is 2.22. The highest BCUT2D eigenvalue weighted by Crippen LogP contribution is 2.20. The topological polar surface area (TPSA) is 65.2 Å². The van der Waals surface area contributed by atoms with E-state index in [1.54, 1.807) is 48.8 Å². The molecule has 0 spiro atoms. The molecule has 1 amide bonds. The normalized spacial score (nSPS) is 9.75. The first-order valence-corrected chi connectivity index (χ1v) is 4.73. The van der Waals surface area contributed by atoms with E-state index in [0.717, 1.165) is 0 Å². The Kier molecular flexibility index (Phi) is 2.82. The summed E-state index contributed by atoms with van der Waals surface area (Å²) in [7, 11) is 0. The molecule has 80 valence electrons. The molecule has 0 aliphatic rings. The van der Waals surface area contributed by atoms with Crippen molar-refractivity contribution in [1.29, 1.82) is 0 Å². The Hall–Kier alpha value is -2.36. The van der Waals surface area contributed by atoms with Gasteiger partial charge in [0.05, 0.1) is 6.20 Å². The van der Waals surface area contributed by atoms with E-state index in [0.29, 0.717) is 17.1 Å². The second kappa shape index (κ2) is 4.44. The summed E-state index contributed by atoms with van der Waals surface area (Å²) in [4.78, 5) is 14.9. The highest BCUT2D eigenvalue weighted by Gasteiger charge is 2.02. The minimum atomic E-state index is -0.475. The number of benzene rings is 1. The van der Waals surface area contributed by atoms with Crippen molar-refractivity contribution in [3.63, 3.8) is 0 Å². The lowest BCUT2D eigenvalue weighted by Crippen LogP contribution is -2.10. The van der Waals surface area contributed by atoms with Crippen LogP contribution in [-0.2, 0) is 0 Å². The molecule has 4 nitrogen and oxygen atoms in total. The molecule has 0 saturated carbocycles. The van der Waals surface area contributed by atoms with Gasteiger partial charge in [-0.3, -0.25) is 9.78 Å². The molecule has 0 saturated heterocycles. The first kappa shape index (κ1) is 10.2. The molecule has 2 aromatic rings. The summed E-state index contributed by atoms with van der Waals surface area (Å²) in [5.41, 5.74) is 5.59. The quantitative estimate of drug-likeness (QED) is 0.849. The van der Waals surface area contributed by atoms with Gasteiger partial charge in [-0.05, 0) is 30.3 Å². The van der Waals surface area contributed by atoms with Gasteiger partial charge < -0.3 is 10.5 Å². The predicted octanol–water partition coefficient (Wildman–Crippen LogP) is 1.97. The number of amides is 1. The average Bonchev–Trinajstić information content (AvgIpc) is 2.30. The molecule has 0 unspecified atom stereocenters. The van der Waals surface area contributed by atoms with Gasteiger partial charge in [0.15, 0.2) is 0 Å². The maximum Gasteiger partial charge on any atom is 0.248 e. The zero-order valence-electron chi connectivity index (χ0n) is 8.46. The monoisotopic (exact) mass is 214 g/mol. The van der Waals surface area contributed by atoms with Crippen LogP contribution in [0.3, 0.4) is 0 Å². The number of ether oxygens (including phenoxy) is 1. The molecule has 0 bridgehead atoms. The highest BCUT2D eigenvalue weighted by atomic mass is 16.5. The fourth-order valence-corrected chi connectivity index (χ4v) is 1.26. The van der Waals surface area contributed by atoms with Gasteiger partial charge in [-0.15, -0.1) is 0 Å². The minimum Gasteiger partial charge on any atom is -0.456 e. The van der Waals surface area contributed by atoms with E-state index >= 15 is 0 Å². The van der Waals surface area contributed by atoms with Gasteiger partial charge in [-0.1, -0.05) is 6.07 Å². The van der Waals surface area contributed by atoms with Crippen molar-refractivity contribution in [2.75, 3.05) is 0 Å². The Bertz CT molecular complexity index is 497. The molecule has 0 radical (unpaired) electrons. The largest absolute Gasteiger partial charge is 0.456 e. The van der Waals surface area contributed by atoms with Crippen molar-refractivity contribution in [2.45, 2.75) is 0 Å². The summed E-state index contributed by atoms with van der Waals surface area (Å²) >= 11 is 0. The summed E-state index contributed by atoms with van der Waals surface area (Å²) in [6.45, 7) is 0. The SMILES string of the molecule is NC(=O)c1cccc(Oc2cccnc2)c1. The Labute approximate surface area is 92.7 Å². The van der Waals surface area contributed by atoms with E-state index in [1.165, 1.54) is 0 Å². The lowest BCUT2D eigenvalue weighted by atomic mass is 10.2. The number of nitrogens with zero attached hydrogens (tertiary/aromatic N) is 1. The molecular weight excluding hydrogens is 204 g/mol. The van der Waals surface area contributed by atoms with Crippen LogP contribution in [0.25, 0.3) is 0 Å². The van der Waals surface area contributed by atoms with Gasteiger partial charge in [-0.25, -0.2) is 0 Å². The minimum absolute atomic E-state index is 0.418. The van der Waals surface area contributed by atoms with Crippen LogP contribution in [0.5, 0.6) is 11.5 Å². The van der Waals surface area contributed by atoms with E-state index < -0.39 is 5.91 Å². The summed E-state index contributed by atoms with van der Waals surface area (Å²) in [6, 6.07) is 10.2. The Morgan fingerprint density at radius 2 is 2.00 bits per heavy atom. The van der Waals surface area contributed by atoms with Crippen LogP contribution in [0.2, 0.25) is 0 Å². The summed E-state index contributed by atoms with van der Waals surface area (Å²) < 4.78 is 5.50. The number of primary amides is 1. The molecule has 1 aromatic carbocycles. The van der Waals surface area contributed by atoms with Crippen LogP contribution >= 0.6 is 0 Å². The van der Waals surface area contributed by atoms with Gasteiger partial charge in [-0.2, -0.15) is 0 Å². The molecule has 0 aliphatic heterocycles. The van der Waals surface area contributed by atoms with E-state index in [-0.39, 0.29) is 0 Å². The standard InChI is InChI=1S/C12H10N2O2/c13-12(15)9-3-1-4-10(7-9)16-11-5-2-6-14-8-11/h1-8H,(H2,13,15). The number of aromatic nitrogens is 1. The van der Waals surface area contributed by atoms with Crippen LogP contribution in [0.15, 0.2) is 48.8 Å². The molecule has 0 aliphatic carbocycles. The smallest absolute Gasteiger partial charge is 0.248 e. The van der Waals surface area contributed by atoms with Gasteiger partial charge in [0.2, 0.25) is 5.91 Å². The second-order valence-corrected chi connectivity index (χ2v) is 3.18. The number of hydrogen-bond donors (Lipinski definition) is 1. The summed E-state index contributed by atoms with van der Waals surface area (Å²) in [5, 5.41) is 0. The highest BCUT2D eigenvalue weighted by molar-refractivity contribution is 5.93. The van der Waals surface area contributed by atoms with Crippen molar-refractivity contribution in [3.8, 4) is 11.5 Å². The van der Waals surface area contributed by atoms with E-state index in [4.69, 9.17) is 10.5 Å². The molecule has 16 heavy (non-hydrogen) atoms. The zero-order chi connectivity index (χ0) is 11.4. The molecule has 2 N–H and O–H groups in total. The molecule has 2 rings (SSSR count). The summed E-state index contributed by atoms with van der Waals surface area (Å²) in [6.07, 6.45) is 3.25. The Morgan fingerprint density at radius 3 is 2.69 bits per heavy atom. The van der Waals surface area contributed by atoms with E-state index in [9.17, 15) is 4.79 Å². The molecular formula is C12H10N2O2. The maximum atomic E-state index is 11.0. The number of hydrogen-bond acceptors (Lipinski definition) is 3. The maximum absolute atomic E-state index is 11.0. The van der Waals surface area contributed by atoms with Crippen molar-refractivity contribution < 1.29 is 9.53 Å². The predicted molar refractivity (Wildman–Crippen MR) is 59.3 cm³/mol. The first-order valence-electron chi connectivity index (χ1n) is 4.73. The van der Waals surface area contributed by atoms with Crippen molar-refractivity contribution in [3.05, 3.63) is 54.4 Å².